The molecule has 1 aliphatic heterocycles. The van der Waals surface area contributed by atoms with Gasteiger partial charge in [-0.15, -0.1) is 0 Å². The smallest absolute Gasteiger partial charge is 0.318 e. The highest BCUT2D eigenvalue weighted by atomic mass is 35.5. The Hall–Kier alpha value is -0.620. The van der Waals surface area contributed by atoms with E-state index in [9.17, 15) is 9.59 Å². The first-order valence-electron chi connectivity index (χ1n) is 5.40. The van der Waals surface area contributed by atoms with Gasteiger partial charge in [-0.05, 0) is 0 Å². The van der Waals surface area contributed by atoms with Crippen LogP contribution in [0.5, 0.6) is 0 Å². The minimum atomic E-state index is -1.15. The topological polar surface area (TPSA) is 61.8 Å². The third-order valence-corrected chi connectivity index (χ3v) is 5.10. The molecule has 3 aliphatic rings. The zero-order valence-electron chi connectivity index (χ0n) is 9.61. The van der Waals surface area contributed by atoms with Crippen LogP contribution in [-0.4, -0.2) is 31.9 Å². The number of ether oxygens (including phenoxy) is 3. The van der Waals surface area contributed by atoms with E-state index in [1.54, 1.807) is 0 Å². The molecule has 0 N–H and O–H groups in total. The van der Waals surface area contributed by atoms with Crippen molar-refractivity contribution in [1.82, 2.24) is 0 Å². The lowest BCUT2D eigenvalue weighted by Gasteiger charge is -2.32. The van der Waals surface area contributed by atoms with Gasteiger partial charge < -0.3 is 14.2 Å². The molecule has 3 rings (SSSR count). The van der Waals surface area contributed by atoms with Crippen molar-refractivity contribution in [2.75, 3.05) is 14.2 Å². The summed E-state index contributed by atoms with van der Waals surface area (Å²) in [5, 5.41) is 0.636. The number of rotatable bonds is 2. The number of esters is 2. The molecule has 7 heteroatoms. The van der Waals surface area contributed by atoms with Crippen molar-refractivity contribution in [3.8, 4) is 0 Å². The molecule has 1 saturated carbocycles. The van der Waals surface area contributed by atoms with E-state index in [4.69, 9.17) is 32.7 Å². The highest BCUT2D eigenvalue weighted by Gasteiger charge is 2.75. The molecule has 5 nitrogen and oxygen atoms in total. The van der Waals surface area contributed by atoms with E-state index < -0.39 is 41.4 Å². The molecular formula is C11H10Cl2O5. The first-order chi connectivity index (χ1) is 8.49. The summed E-state index contributed by atoms with van der Waals surface area (Å²) in [4.78, 5) is 23.5. The third kappa shape index (κ3) is 1.12. The number of hydrogen-bond acceptors (Lipinski definition) is 5. The van der Waals surface area contributed by atoms with Crippen molar-refractivity contribution in [2.45, 2.75) is 5.79 Å². The van der Waals surface area contributed by atoms with Crippen LogP contribution < -0.4 is 0 Å². The maximum absolute atomic E-state index is 11.7. The molecule has 2 bridgehead atoms. The number of carbonyl (C=O) groups is 2. The third-order valence-electron chi connectivity index (χ3n) is 4.13. The Kier molecular flexibility index (Phi) is 2.55. The number of fused-ring (bicyclic) bond motifs is 5. The van der Waals surface area contributed by atoms with Gasteiger partial charge in [-0.2, -0.15) is 0 Å². The van der Waals surface area contributed by atoms with Crippen LogP contribution in [0, 0.1) is 23.7 Å². The van der Waals surface area contributed by atoms with E-state index in [0.29, 0.717) is 10.1 Å². The van der Waals surface area contributed by atoms with Crippen LogP contribution in [0.4, 0.5) is 0 Å². The van der Waals surface area contributed by atoms with Crippen LogP contribution in [0.2, 0.25) is 0 Å². The van der Waals surface area contributed by atoms with Crippen LogP contribution in [0.15, 0.2) is 10.1 Å². The van der Waals surface area contributed by atoms with Gasteiger partial charge in [0.25, 0.3) is 0 Å². The van der Waals surface area contributed by atoms with E-state index in [2.05, 4.69) is 4.74 Å². The molecule has 98 valence electrons. The molecule has 0 aromatic carbocycles. The van der Waals surface area contributed by atoms with Gasteiger partial charge in [0.2, 0.25) is 0 Å². The Bertz CT molecular complexity index is 444. The van der Waals surface area contributed by atoms with Crippen molar-refractivity contribution in [2.24, 2.45) is 23.7 Å². The van der Waals surface area contributed by atoms with Gasteiger partial charge in [0.15, 0.2) is 5.79 Å². The second-order valence-corrected chi connectivity index (χ2v) is 5.39. The SMILES string of the molecule is COC1(OC)[C@@H]2C(Cl)=C(Cl)[C@H]1[C@H]1C(=O)OC(=O)[C@H]12. The monoisotopic (exact) mass is 292 g/mol. The molecule has 0 unspecified atom stereocenters. The van der Waals surface area contributed by atoms with Crippen molar-refractivity contribution in [3.63, 3.8) is 0 Å². The molecule has 2 fully saturated rings. The molecule has 4 atom stereocenters. The first-order valence-corrected chi connectivity index (χ1v) is 6.16. The van der Waals surface area contributed by atoms with Crippen LogP contribution >= 0.6 is 23.2 Å². The Balaban J connectivity index is 2.18. The molecular weight excluding hydrogens is 283 g/mol. The Morgan fingerprint density at radius 2 is 1.39 bits per heavy atom. The summed E-state index contributed by atoms with van der Waals surface area (Å²) in [6.07, 6.45) is 0. The number of methoxy groups -OCH3 is 2. The predicted molar refractivity (Wildman–Crippen MR) is 60.5 cm³/mol. The highest BCUT2D eigenvalue weighted by molar-refractivity contribution is 6.40. The normalized spacial score (nSPS) is 40.4. The van der Waals surface area contributed by atoms with Crippen LogP contribution in [0.1, 0.15) is 0 Å². The maximum Gasteiger partial charge on any atom is 0.318 e. The Morgan fingerprint density at radius 1 is 1.00 bits per heavy atom. The van der Waals surface area contributed by atoms with Crippen molar-refractivity contribution >= 4 is 35.1 Å². The first kappa shape index (κ1) is 12.4. The summed E-state index contributed by atoms with van der Waals surface area (Å²) in [6, 6.07) is 0. The van der Waals surface area contributed by atoms with Crippen molar-refractivity contribution in [3.05, 3.63) is 10.1 Å². The fraction of sp³-hybridized carbons (Fsp3) is 0.636. The molecule has 0 aromatic rings. The molecule has 0 aromatic heterocycles. The van der Waals surface area contributed by atoms with Gasteiger partial charge in [0.1, 0.15) is 0 Å². The molecule has 18 heavy (non-hydrogen) atoms. The van der Waals surface area contributed by atoms with Gasteiger partial charge >= 0.3 is 11.9 Å². The van der Waals surface area contributed by atoms with Gasteiger partial charge in [-0.25, -0.2) is 0 Å². The predicted octanol–water partition coefficient (Wildman–Crippen LogP) is 1.24. The largest absolute Gasteiger partial charge is 0.393 e. The molecule has 2 aliphatic carbocycles. The van der Waals surface area contributed by atoms with Gasteiger partial charge in [-0.3, -0.25) is 9.59 Å². The Labute approximate surface area is 113 Å². The quantitative estimate of drug-likeness (QED) is 0.435. The van der Waals surface area contributed by atoms with Crippen LogP contribution in [-0.2, 0) is 23.8 Å². The molecule has 0 spiro atoms. The van der Waals surface area contributed by atoms with Gasteiger partial charge in [0.05, 0.1) is 23.7 Å². The fourth-order valence-electron chi connectivity index (χ4n) is 3.47. The molecule has 0 radical (unpaired) electrons. The number of carbonyl (C=O) groups excluding carboxylic acids is 2. The zero-order valence-corrected chi connectivity index (χ0v) is 11.1. The number of hydrogen-bond donors (Lipinski definition) is 0. The second-order valence-electron chi connectivity index (χ2n) is 4.57. The number of halogens is 2. The van der Waals surface area contributed by atoms with E-state index in [1.165, 1.54) is 14.2 Å². The van der Waals surface area contributed by atoms with Crippen LogP contribution in [0.3, 0.4) is 0 Å². The molecule has 1 saturated heterocycles. The zero-order chi connectivity index (χ0) is 13.2. The summed E-state index contributed by atoms with van der Waals surface area (Å²) in [5.74, 6) is -4.84. The van der Waals surface area contributed by atoms with Gasteiger partial charge in [-0.1, -0.05) is 23.2 Å². The lowest BCUT2D eigenvalue weighted by atomic mass is 9.85. The molecule has 0 amide bonds. The lowest BCUT2D eigenvalue weighted by Crippen LogP contribution is -2.43. The average Bonchev–Trinajstić information content (AvgIpc) is 2.88. The summed E-state index contributed by atoms with van der Waals surface area (Å²) >= 11 is 12.3. The van der Waals surface area contributed by atoms with Gasteiger partial charge in [0, 0.05) is 24.3 Å². The van der Waals surface area contributed by atoms with Crippen molar-refractivity contribution in [1.29, 1.82) is 0 Å². The standard InChI is InChI=1S/C11H10Cl2O5/c1-16-11(17-2)5-3-4(10(15)18-9(3)14)6(11)8(13)7(5)12/h3-6H,1-2H3/t3-,4+,5+,6-. The van der Waals surface area contributed by atoms with E-state index in [1.807, 2.05) is 0 Å². The molecule has 1 heterocycles. The Morgan fingerprint density at radius 3 is 1.72 bits per heavy atom. The minimum absolute atomic E-state index is 0.318. The lowest BCUT2D eigenvalue weighted by molar-refractivity contribution is -0.237. The average molecular weight is 293 g/mol. The van der Waals surface area contributed by atoms with E-state index in [-0.39, 0.29) is 0 Å². The minimum Gasteiger partial charge on any atom is -0.393 e. The maximum atomic E-state index is 11.7. The summed E-state index contributed by atoms with van der Waals surface area (Å²) in [6.45, 7) is 0. The summed E-state index contributed by atoms with van der Waals surface area (Å²) in [5.41, 5.74) is 0. The fourth-order valence-corrected chi connectivity index (χ4v) is 4.28. The van der Waals surface area contributed by atoms with E-state index in [0.717, 1.165) is 0 Å². The van der Waals surface area contributed by atoms with Crippen LogP contribution in [0.25, 0.3) is 0 Å². The summed E-state index contributed by atoms with van der Waals surface area (Å²) < 4.78 is 15.5. The van der Waals surface area contributed by atoms with Crippen molar-refractivity contribution < 1.29 is 23.8 Å². The van der Waals surface area contributed by atoms with E-state index >= 15 is 0 Å². The second kappa shape index (κ2) is 3.70. The highest BCUT2D eigenvalue weighted by Crippen LogP contribution is 2.66. The number of cyclic esters (lactones) is 2. The summed E-state index contributed by atoms with van der Waals surface area (Å²) in [7, 11) is 2.89.